The van der Waals surface area contributed by atoms with Crippen molar-refractivity contribution in [2.24, 2.45) is 5.92 Å². The molecule has 0 spiro atoms. The van der Waals surface area contributed by atoms with Gasteiger partial charge in [0.05, 0.1) is 5.69 Å². The highest BCUT2D eigenvalue weighted by Crippen LogP contribution is 2.38. The maximum atomic E-state index is 12.5. The van der Waals surface area contributed by atoms with Crippen molar-refractivity contribution in [2.45, 2.75) is 38.2 Å². The second-order valence-corrected chi connectivity index (χ2v) is 5.87. The average molecular weight is 300 g/mol. The molecule has 116 valence electrons. The van der Waals surface area contributed by atoms with Crippen LogP contribution in [-0.4, -0.2) is 31.5 Å². The van der Waals surface area contributed by atoms with E-state index in [2.05, 4.69) is 10.1 Å². The maximum Gasteiger partial charge on any atom is 0.573 e. The molecule has 1 aromatic carbocycles. The van der Waals surface area contributed by atoms with Crippen molar-refractivity contribution < 1.29 is 17.9 Å². The SMILES string of the molecule is CC1CNC(C2CC2)CN1c1ccccc1OC(F)(F)F. The number of hydrogen-bond acceptors (Lipinski definition) is 3. The van der Waals surface area contributed by atoms with Crippen LogP contribution >= 0.6 is 0 Å². The topological polar surface area (TPSA) is 24.5 Å². The van der Waals surface area contributed by atoms with Crippen LogP contribution in [0.4, 0.5) is 18.9 Å². The van der Waals surface area contributed by atoms with Crippen LogP contribution in [0.3, 0.4) is 0 Å². The van der Waals surface area contributed by atoms with Gasteiger partial charge in [-0.25, -0.2) is 0 Å². The Morgan fingerprint density at radius 2 is 1.95 bits per heavy atom. The second-order valence-electron chi connectivity index (χ2n) is 5.87. The first-order valence-corrected chi connectivity index (χ1v) is 7.29. The minimum Gasteiger partial charge on any atom is -0.404 e. The number of rotatable bonds is 3. The van der Waals surface area contributed by atoms with Crippen LogP contribution in [-0.2, 0) is 0 Å². The molecule has 21 heavy (non-hydrogen) atoms. The van der Waals surface area contributed by atoms with Crippen molar-refractivity contribution in [2.75, 3.05) is 18.0 Å². The van der Waals surface area contributed by atoms with E-state index in [9.17, 15) is 13.2 Å². The summed E-state index contributed by atoms with van der Waals surface area (Å²) in [5, 5.41) is 3.49. The number of para-hydroxylation sites is 2. The predicted octanol–water partition coefficient (Wildman–Crippen LogP) is 3.16. The third-order valence-electron chi connectivity index (χ3n) is 4.19. The van der Waals surface area contributed by atoms with Crippen molar-refractivity contribution in [3.8, 4) is 5.75 Å². The number of nitrogens with one attached hydrogen (secondary N) is 1. The van der Waals surface area contributed by atoms with Crippen molar-refractivity contribution in [3.05, 3.63) is 24.3 Å². The van der Waals surface area contributed by atoms with E-state index in [1.165, 1.54) is 18.9 Å². The van der Waals surface area contributed by atoms with E-state index < -0.39 is 6.36 Å². The Hall–Kier alpha value is -1.43. The third kappa shape index (κ3) is 3.43. The molecule has 0 aromatic heterocycles. The lowest BCUT2D eigenvalue weighted by Crippen LogP contribution is -2.56. The second kappa shape index (κ2) is 5.40. The van der Waals surface area contributed by atoms with E-state index in [-0.39, 0.29) is 11.8 Å². The van der Waals surface area contributed by atoms with Gasteiger partial charge in [0.2, 0.25) is 0 Å². The standard InChI is InChI=1S/C15H19F3N2O/c1-10-8-19-12(11-6-7-11)9-20(10)13-4-2-3-5-14(13)21-15(16,17)18/h2-5,10-12,19H,6-9H2,1H3. The Bertz CT molecular complexity index is 502. The molecule has 3 nitrogen and oxygen atoms in total. The van der Waals surface area contributed by atoms with Gasteiger partial charge in [-0.1, -0.05) is 12.1 Å². The van der Waals surface area contributed by atoms with Gasteiger partial charge in [0.25, 0.3) is 0 Å². The fourth-order valence-corrected chi connectivity index (χ4v) is 2.94. The van der Waals surface area contributed by atoms with E-state index in [0.717, 1.165) is 13.1 Å². The summed E-state index contributed by atoms with van der Waals surface area (Å²) in [6.07, 6.45) is -2.25. The molecule has 6 heteroatoms. The third-order valence-corrected chi connectivity index (χ3v) is 4.19. The first kappa shape index (κ1) is 14.5. The summed E-state index contributed by atoms with van der Waals surface area (Å²) in [5.74, 6) is 0.545. The van der Waals surface area contributed by atoms with Gasteiger partial charge in [-0.15, -0.1) is 13.2 Å². The molecule has 1 heterocycles. The molecule has 1 aliphatic carbocycles. The quantitative estimate of drug-likeness (QED) is 0.928. The maximum absolute atomic E-state index is 12.5. The summed E-state index contributed by atoms with van der Waals surface area (Å²) in [6.45, 7) is 3.52. The normalized spacial score (nSPS) is 26.8. The van der Waals surface area contributed by atoms with Crippen LogP contribution < -0.4 is 15.0 Å². The summed E-state index contributed by atoms with van der Waals surface area (Å²) >= 11 is 0. The molecule has 1 aliphatic heterocycles. The van der Waals surface area contributed by atoms with Crippen LogP contribution in [0.5, 0.6) is 5.75 Å². The minimum absolute atomic E-state index is 0.117. The molecule has 0 radical (unpaired) electrons. The number of alkyl halides is 3. The first-order valence-electron chi connectivity index (χ1n) is 7.29. The van der Waals surface area contributed by atoms with Crippen LogP contribution in [0.25, 0.3) is 0 Å². The Kier molecular flexibility index (Phi) is 3.73. The molecule has 0 bridgehead atoms. The van der Waals surface area contributed by atoms with Gasteiger partial charge in [0, 0.05) is 25.2 Å². The molecular formula is C15H19F3N2O. The van der Waals surface area contributed by atoms with Crippen molar-refractivity contribution in [3.63, 3.8) is 0 Å². The zero-order valence-electron chi connectivity index (χ0n) is 11.9. The Morgan fingerprint density at radius 1 is 1.24 bits per heavy atom. The number of hydrogen-bond donors (Lipinski definition) is 1. The van der Waals surface area contributed by atoms with E-state index in [1.54, 1.807) is 18.2 Å². The number of halogens is 3. The number of anilines is 1. The van der Waals surface area contributed by atoms with Crippen molar-refractivity contribution in [1.82, 2.24) is 5.32 Å². The molecular weight excluding hydrogens is 281 g/mol. The zero-order valence-corrected chi connectivity index (χ0v) is 11.9. The molecule has 1 N–H and O–H groups in total. The summed E-state index contributed by atoms with van der Waals surface area (Å²) in [4.78, 5) is 2.03. The lowest BCUT2D eigenvalue weighted by Gasteiger charge is -2.41. The molecule has 3 rings (SSSR count). The van der Waals surface area contributed by atoms with Gasteiger partial charge in [-0.2, -0.15) is 0 Å². The molecule has 2 unspecified atom stereocenters. The summed E-state index contributed by atoms with van der Waals surface area (Å²) in [6, 6.07) is 6.89. The molecule has 2 fully saturated rings. The monoisotopic (exact) mass is 300 g/mol. The van der Waals surface area contributed by atoms with Crippen LogP contribution in [0, 0.1) is 5.92 Å². The van der Waals surface area contributed by atoms with E-state index >= 15 is 0 Å². The highest BCUT2D eigenvalue weighted by atomic mass is 19.4. The smallest absolute Gasteiger partial charge is 0.404 e. The van der Waals surface area contributed by atoms with E-state index in [0.29, 0.717) is 17.6 Å². The fourth-order valence-electron chi connectivity index (χ4n) is 2.94. The Labute approximate surface area is 122 Å². The minimum atomic E-state index is -4.66. The fraction of sp³-hybridized carbons (Fsp3) is 0.600. The molecule has 2 aliphatic rings. The van der Waals surface area contributed by atoms with Gasteiger partial charge in [-0.3, -0.25) is 0 Å². The lowest BCUT2D eigenvalue weighted by atomic mass is 10.0. The predicted molar refractivity (Wildman–Crippen MR) is 74.4 cm³/mol. The molecule has 1 aromatic rings. The van der Waals surface area contributed by atoms with E-state index in [4.69, 9.17) is 0 Å². The van der Waals surface area contributed by atoms with Crippen molar-refractivity contribution in [1.29, 1.82) is 0 Å². The molecule has 1 saturated heterocycles. The van der Waals surface area contributed by atoms with Gasteiger partial charge in [0.1, 0.15) is 0 Å². The van der Waals surface area contributed by atoms with Gasteiger partial charge in [-0.05, 0) is 37.8 Å². The van der Waals surface area contributed by atoms with Gasteiger partial charge in [0.15, 0.2) is 5.75 Å². The number of ether oxygens (including phenoxy) is 1. The Balaban J connectivity index is 1.83. The van der Waals surface area contributed by atoms with Gasteiger partial charge >= 0.3 is 6.36 Å². The highest BCUT2D eigenvalue weighted by Gasteiger charge is 2.38. The van der Waals surface area contributed by atoms with Crippen molar-refractivity contribution >= 4 is 5.69 Å². The average Bonchev–Trinajstić information content (AvgIpc) is 3.23. The number of piperazine rings is 1. The summed E-state index contributed by atoms with van der Waals surface area (Å²) < 4.78 is 41.8. The molecule has 0 amide bonds. The van der Waals surface area contributed by atoms with E-state index in [1.807, 2.05) is 11.8 Å². The largest absolute Gasteiger partial charge is 0.573 e. The van der Waals surface area contributed by atoms with Crippen LogP contribution in [0.15, 0.2) is 24.3 Å². The summed E-state index contributed by atoms with van der Waals surface area (Å²) in [5.41, 5.74) is 0.523. The number of benzene rings is 1. The van der Waals surface area contributed by atoms with Crippen LogP contribution in [0.2, 0.25) is 0 Å². The molecule has 1 saturated carbocycles. The first-order chi connectivity index (χ1) is 9.94. The highest BCUT2D eigenvalue weighted by molar-refractivity contribution is 5.59. The van der Waals surface area contributed by atoms with Crippen LogP contribution in [0.1, 0.15) is 19.8 Å². The molecule has 2 atom stereocenters. The Morgan fingerprint density at radius 3 is 2.62 bits per heavy atom. The number of nitrogens with zero attached hydrogens (tertiary/aromatic N) is 1. The lowest BCUT2D eigenvalue weighted by molar-refractivity contribution is -0.274. The summed E-state index contributed by atoms with van der Waals surface area (Å²) in [7, 11) is 0. The zero-order chi connectivity index (χ0) is 15.0. The van der Waals surface area contributed by atoms with Gasteiger partial charge < -0.3 is 15.0 Å².